The summed E-state index contributed by atoms with van der Waals surface area (Å²) < 4.78 is 30.8. The van der Waals surface area contributed by atoms with Crippen molar-refractivity contribution in [2.45, 2.75) is 45.1 Å². The second kappa shape index (κ2) is 9.05. The van der Waals surface area contributed by atoms with Gasteiger partial charge in [0, 0.05) is 36.0 Å². The molecule has 1 fully saturated rings. The zero-order valence-electron chi connectivity index (χ0n) is 17.5. The maximum atomic E-state index is 12.7. The molecule has 2 aromatic heterocycles. The lowest BCUT2D eigenvalue weighted by Crippen LogP contribution is -2.39. The van der Waals surface area contributed by atoms with Crippen LogP contribution in [0.5, 0.6) is 0 Å². The van der Waals surface area contributed by atoms with Crippen molar-refractivity contribution in [3.63, 3.8) is 0 Å². The van der Waals surface area contributed by atoms with Crippen molar-refractivity contribution < 1.29 is 18.0 Å². The minimum absolute atomic E-state index is 0.0908. The number of aromatic nitrogens is 3. The minimum atomic E-state index is -2.34. The molecule has 0 radical (unpaired) electrons. The molecule has 4 rings (SSSR count). The molecule has 0 atom stereocenters. The molecule has 1 aliphatic rings. The third kappa shape index (κ3) is 5.04. The van der Waals surface area contributed by atoms with E-state index in [0.29, 0.717) is 30.0 Å². The van der Waals surface area contributed by atoms with Gasteiger partial charge in [-0.1, -0.05) is 12.1 Å². The van der Waals surface area contributed by atoms with Crippen LogP contribution in [0.1, 0.15) is 31.6 Å². The highest BCUT2D eigenvalue weighted by atomic mass is 19.3. The lowest BCUT2D eigenvalue weighted by atomic mass is 9.85. The number of nitrogens with one attached hydrogen (secondary N) is 1. The van der Waals surface area contributed by atoms with E-state index in [0.717, 1.165) is 23.8 Å². The molecule has 1 saturated carbocycles. The summed E-state index contributed by atoms with van der Waals surface area (Å²) >= 11 is 0. The number of oxazole rings is 1. The number of carbonyl (C=O) groups excluding carboxylic acids is 1. The van der Waals surface area contributed by atoms with Crippen molar-refractivity contribution in [2.75, 3.05) is 18.9 Å². The number of halogens is 2. The first kappa shape index (κ1) is 21.3. The fourth-order valence-corrected chi connectivity index (χ4v) is 4.09. The summed E-state index contributed by atoms with van der Waals surface area (Å²) in [6.07, 6.45) is 3.75. The number of anilines is 1. The molecule has 1 aromatic carbocycles. The summed E-state index contributed by atoms with van der Waals surface area (Å²) in [7, 11) is 1.72. The van der Waals surface area contributed by atoms with Crippen molar-refractivity contribution in [2.24, 2.45) is 5.92 Å². The molecule has 1 aliphatic carbocycles. The molecule has 0 spiro atoms. The van der Waals surface area contributed by atoms with Crippen molar-refractivity contribution in [1.82, 2.24) is 19.9 Å². The molecular weight excluding hydrogens is 404 g/mol. The molecule has 7 nitrogen and oxygen atoms in total. The Balaban J connectivity index is 1.41. The summed E-state index contributed by atoms with van der Waals surface area (Å²) in [6, 6.07) is 5.77. The van der Waals surface area contributed by atoms with Crippen LogP contribution >= 0.6 is 0 Å². The van der Waals surface area contributed by atoms with E-state index in [-0.39, 0.29) is 30.4 Å². The summed E-state index contributed by atoms with van der Waals surface area (Å²) in [6.45, 7) is 1.55. The Bertz CT molecular complexity index is 1060. The average Bonchev–Trinajstić information content (AvgIpc) is 3.19. The number of hydrogen-bond acceptors (Lipinski definition) is 6. The van der Waals surface area contributed by atoms with E-state index in [1.807, 2.05) is 18.2 Å². The maximum absolute atomic E-state index is 12.7. The van der Waals surface area contributed by atoms with E-state index in [9.17, 15) is 13.6 Å². The SMILES string of the molecule is Cc1ncc(-c2ccc3cnc(NC(=O)C4CCC(N(C)CC(F)F)CC4)nc3c2)o1. The average molecular weight is 429 g/mol. The minimum Gasteiger partial charge on any atom is -0.441 e. The van der Waals surface area contributed by atoms with Gasteiger partial charge >= 0.3 is 0 Å². The third-order valence-corrected chi connectivity index (χ3v) is 5.84. The van der Waals surface area contributed by atoms with Crippen molar-refractivity contribution >= 4 is 22.8 Å². The number of nitrogens with zero attached hydrogens (tertiary/aromatic N) is 4. The fourth-order valence-electron chi connectivity index (χ4n) is 4.09. The van der Waals surface area contributed by atoms with Gasteiger partial charge in [0.15, 0.2) is 11.7 Å². The number of benzene rings is 1. The van der Waals surface area contributed by atoms with E-state index < -0.39 is 6.43 Å². The van der Waals surface area contributed by atoms with Crippen LogP contribution in [-0.4, -0.2) is 51.8 Å². The number of carbonyl (C=O) groups is 1. The summed E-state index contributed by atoms with van der Waals surface area (Å²) in [4.78, 5) is 27.2. The van der Waals surface area contributed by atoms with Crippen molar-refractivity contribution in [3.8, 4) is 11.3 Å². The smallest absolute Gasteiger partial charge is 0.251 e. The van der Waals surface area contributed by atoms with E-state index in [1.54, 1.807) is 31.3 Å². The molecule has 31 heavy (non-hydrogen) atoms. The van der Waals surface area contributed by atoms with Gasteiger partial charge in [-0.3, -0.25) is 15.0 Å². The summed E-state index contributed by atoms with van der Waals surface area (Å²) in [5, 5.41) is 3.66. The van der Waals surface area contributed by atoms with Gasteiger partial charge in [0.1, 0.15) is 0 Å². The van der Waals surface area contributed by atoms with Gasteiger partial charge < -0.3 is 4.42 Å². The number of fused-ring (bicyclic) bond motifs is 1. The molecule has 0 unspecified atom stereocenters. The number of hydrogen-bond donors (Lipinski definition) is 1. The Kier molecular flexibility index (Phi) is 6.22. The molecular formula is C22H25F2N5O2. The van der Waals surface area contributed by atoms with Gasteiger partial charge in [0.2, 0.25) is 11.9 Å². The van der Waals surface area contributed by atoms with E-state index in [1.165, 1.54) is 0 Å². The number of alkyl halides is 2. The van der Waals surface area contributed by atoms with Crippen LogP contribution in [-0.2, 0) is 4.79 Å². The molecule has 0 aliphatic heterocycles. The van der Waals surface area contributed by atoms with Crippen LogP contribution < -0.4 is 5.32 Å². The van der Waals surface area contributed by atoms with Crippen molar-refractivity contribution in [3.05, 3.63) is 36.5 Å². The first-order chi connectivity index (χ1) is 14.9. The van der Waals surface area contributed by atoms with Crippen molar-refractivity contribution in [1.29, 1.82) is 0 Å². The molecule has 0 saturated heterocycles. The summed E-state index contributed by atoms with van der Waals surface area (Å²) in [5.41, 5.74) is 1.53. The van der Waals surface area contributed by atoms with Crippen LogP contribution in [0.15, 0.2) is 35.0 Å². The second-order valence-corrected chi connectivity index (χ2v) is 8.04. The normalized spacial score (nSPS) is 19.3. The lowest BCUT2D eigenvalue weighted by molar-refractivity contribution is -0.121. The standard InChI is InChI=1S/C22H25F2N5O2/c1-13-25-11-19(31-13)15-3-4-16-10-26-22(27-18(16)9-15)28-21(30)14-5-7-17(8-6-14)29(2)12-20(23)24/h3-4,9-11,14,17,20H,5-8,12H2,1-2H3,(H,26,27,28,30). The van der Waals surface area contributed by atoms with Crippen LogP contribution in [0.4, 0.5) is 14.7 Å². The molecule has 2 heterocycles. The first-order valence-electron chi connectivity index (χ1n) is 10.4. The highest BCUT2D eigenvalue weighted by molar-refractivity contribution is 5.92. The number of amides is 1. The number of aryl methyl sites for hydroxylation is 1. The van der Waals surface area contributed by atoms with Gasteiger partial charge in [-0.2, -0.15) is 0 Å². The Morgan fingerprint density at radius 1 is 1.23 bits per heavy atom. The topological polar surface area (TPSA) is 84.2 Å². The highest BCUT2D eigenvalue weighted by Gasteiger charge is 2.29. The molecule has 9 heteroatoms. The highest BCUT2D eigenvalue weighted by Crippen LogP contribution is 2.29. The molecule has 0 bridgehead atoms. The van der Waals surface area contributed by atoms with E-state index in [4.69, 9.17) is 4.42 Å². The Morgan fingerprint density at radius 3 is 2.68 bits per heavy atom. The zero-order valence-corrected chi connectivity index (χ0v) is 17.5. The Hall–Kier alpha value is -2.94. The fraction of sp³-hybridized carbons (Fsp3) is 0.455. The molecule has 1 N–H and O–H groups in total. The lowest BCUT2D eigenvalue weighted by Gasteiger charge is -2.33. The largest absolute Gasteiger partial charge is 0.441 e. The van der Waals surface area contributed by atoms with Crippen LogP contribution in [0.3, 0.4) is 0 Å². The first-order valence-corrected chi connectivity index (χ1v) is 10.4. The van der Waals surface area contributed by atoms with Crippen LogP contribution in [0.2, 0.25) is 0 Å². The van der Waals surface area contributed by atoms with Gasteiger partial charge in [-0.05, 0) is 38.8 Å². The van der Waals surface area contributed by atoms with Gasteiger partial charge in [-0.25, -0.2) is 23.7 Å². The Morgan fingerprint density at radius 2 is 2.00 bits per heavy atom. The van der Waals surface area contributed by atoms with Gasteiger partial charge in [-0.15, -0.1) is 0 Å². The Labute approximate surface area is 178 Å². The second-order valence-electron chi connectivity index (χ2n) is 8.04. The monoisotopic (exact) mass is 429 g/mol. The predicted octanol–water partition coefficient (Wildman–Crippen LogP) is 4.29. The van der Waals surface area contributed by atoms with Crippen LogP contribution in [0.25, 0.3) is 22.2 Å². The maximum Gasteiger partial charge on any atom is 0.251 e. The quantitative estimate of drug-likeness (QED) is 0.629. The van der Waals surface area contributed by atoms with Crippen LogP contribution in [0, 0.1) is 12.8 Å². The van der Waals surface area contributed by atoms with E-state index in [2.05, 4.69) is 20.3 Å². The van der Waals surface area contributed by atoms with Gasteiger partial charge in [0.25, 0.3) is 6.43 Å². The summed E-state index contributed by atoms with van der Waals surface area (Å²) in [5.74, 6) is 1.19. The molecule has 164 valence electrons. The number of rotatable bonds is 6. The van der Waals surface area contributed by atoms with E-state index >= 15 is 0 Å². The molecule has 3 aromatic rings. The molecule has 1 amide bonds. The zero-order chi connectivity index (χ0) is 22.0. The predicted molar refractivity (Wildman–Crippen MR) is 113 cm³/mol. The van der Waals surface area contributed by atoms with Gasteiger partial charge in [0.05, 0.1) is 18.3 Å². The third-order valence-electron chi connectivity index (χ3n) is 5.84.